The van der Waals surface area contributed by atoms with Gasteiger partial charge in [-0.2, -0.15) is 0 Å². The van der Waals surface area contributed by atoms with Crippen molar-refractivity contribution in [3.05, 3.63) is 48.5 Å². The number of pyridine rings is 2. The molecule has 0 spiro atoms. The highest BCUT2D eigenvalue weighted by Crippen LogP contribution is 2.17. The Kier molecular flexibility index (Phi) is 7.72. The zero-order chi connectivity index (χ0) is 17.3. The largest absolute Gasteiger partial charge is 0.673 e. The number of aromatic nitrogens is 2. The maximum Gasteiger partial charge on any atom is 0.673 e. The van der Waals surface area contributed by atoms with Crippen molar-refractivity contribution >= 4 is 7.25 Å². The maximum atomic E-state index is 9.75. The van der Waals surface area contributed by atoms with Gasteiger partial charge in [-0.3, -0.25) is 4.98 Å². The van der Waals surface area contributed by atoms with Gasteiger partial charge in [0, 0.05) is 37.4 Å². The average molecular weight is 328 g/mol. The Hall–Kier alpha value is -1.92. The van der Waals surface area contributed by atoms with Crippen molar-refractivity contribution in [2.24, 2.45) is 0 Å². The van der Waals surface area contributed by atoms with Gasteiger partial charge in [0.1, 0.15) is 6.54 Å². The van der Waals surface area contributed by atoms with Gasteiger partial charge in [-0.15, -0.1) is 0 Å². The van der Waals surface area contributed by atoms with Crippen LogP contribution < -0.4 is 4.57 Å². The van der Waals surface area contributed by atoms with Crippen LogP contribution >= 0.6 is 0 Å². The van der Waals surface area contributed by atoms with Gasteiger partial charge in [-0.25, -0.2) is 4.57 Å². The number of nitrogens with zero attached hydrogens (tertiary/aromatic N) is 2. The van der Waals surface area contributed by atoms with Gasteiger partial charge in [-0.05, 0) is 23.3 Å². The Morgan fingerprint density at radius 2 is 1.61 bits per heavy atom. The van der Waals surface area contributed by atoms with E-state index in [1.54, 1.807) is 0 Å². The smallest absolute Gasteiger partial charge is 0.418 e. The van der Waals surface area contributed by atoms with Crippen LogP contribution in [0.1, 0.15) is 32.4 Å². The van der Waals surface area contributed by atoms with Crippen molar-refractivity contribution in [2.75, 3.05) is 0 Å². The molecule has 0 atom stereocenters. The summed E-state index contributed by atoms with van der Waals surface area (Å²) in [5, 5.41) is 0. The molecule has 0 aliphatic rings. The first-order valence-corrected chi connectivity index (χ1v) is 7.65. The third-order valence-electron chi connectivity index (χ3n) is 3.25. The Morgan fingerprint density at radius 1 is 1.00 bits per heavy atom. The van der Waals surface area contributed by atoms with E-state index in [0.29, 0.717) is 0 Å². The molecule has 0 aliphatic heterocycles. The molecule has 0 bridgehead atoms. The molecule has 2 heterocycles. The number of halogens is 4. The Balaban J connectivity index is 0.000000463. The lowest BCUT2D eigenvalue weighted by atomic mass is 10.1. The van der Waals surface area contributed by atoms with Crippen LogP contribution in [0.2, 0.25) is 0 Å². The molecule has 23 heavy (non-hydrogen) atoms. The molecule has 0 amide bonds. The van der Waals surface area contributed by atoms with E-state index in [1.807, 2.05) is 12.4 Å². The van der Waals surface area contributed by atoms with Crippen LogP contribution in [0.3, 0.4) is 0 Å². The fraction of sp³-hybridized carbons (Fsp3) is 0.375. The minimum atomic E-state index is -6.00. The SMILES string of the molecule is CCCC[n+]1ccc(-c2ccncc2)cc1CC.F[B-](F)(F)F. The maximum absolute atomic E-state index is 9.75. The molecule has 2 rings (SSSR count). The Labute approximate surface area is 134 Å². The highest BCUT2D eigenvalue weighted by atomic mass is 19.5. The van der Waals surface area contributed by atoms with Gasteiger partial charge in [0.2, 0.25) is 0 Å². The van der Waals surface area contributed by atoms with Crippen LogP contribution in [0.15, 0.2) is 42.9 Å². The fourth-order valence-electron chi connectivity index (χ4n) is 2.15. The average Bonchev–Trinajstić information content (AvgIpc) is 2.52. The monoisotopic (exact) mass is 328 g/mol. The van der Waals surface area contributed by atoms with E-state index in [9.17, 15) is 17.3 Å². The minimum absolute atomic E-state index is 1.07. The van der Waals surface area contributed by atoms with E-state index in [-0.39, 0.29) is 0 Å². The summed E-state index contributed by atoms with van der Waals surface area (Å²) in [6.07, 6.45) is 9.46. The molecule has 0 saturated carbocycles. The molecule has 0 fully saturated rings. The first-order valence-electron chi connectivity index (χ1n) is 7.65. The molecule has 2 nitrogen and oxygen atoms in total. The van der Waals surface area contributed by atoms with Gasteiger partial charge >= 0.3 is 7.25 Å². The van der Waals surface area contributed by atoms with Gasteiger partial charge in [0.25, 0.3) is 0 Å². The van der Waals surface area contributed by atoms with E-state index in [0.717, 1.165) is 13.0 Å². The van der Waals surface area contributed by atoms with E-state index in [2.05, 4.69) is 53.9 Å². The molecule has 0 N–H and O–H groups in total. The Bertz CT molecular complexity index is 582. The minimum Gasteiger partial charge on any atom is -0.418 e. The first kappa shape index (κ1) is 19.1. The highest BCUT2D eigenvalue weighted by molar-refractivity contribution is 6.50. The molecule has 0 saturated heterocycles. The summed E-state index contributed by atoms with van der Waals surface area (Å²) in [6.45, 7) is 5.57. The van der Waals surface area contributed by atoms with Crippen LogP contribution in [0, 0.1) is 0 Å². The molecule has 2 aromatic rings. The standard InChI is InChI=1S/C16H21N2.BF4/c1-3-5-11-18-12-8-15(13-16(18)4-2)14-6-9-17-10-7-14;2-1(3,4)5/h6-10,12-13H,3-5,11H2,1-2H3;/q+1;-1. The molecular formula is C16H21BF4N2. The predicted octanol–water partition coefficient (Wildman–Crippen LogP) is 4.70. The number of rotatable bonds is 5. The summed E-state index contributed by atoms with van der Waals surface area (Å²) in [6, 6.07) is 8.62. The second kappa shape index (κ2) is 9.27. The van der Waals surface area contributed by atoms with Crippen molar-refractivity contribution in [2.45, 2.75) is 39.7 Å². The van der Waals surface area contributed by atoms with E-state index >= 15 is 0 Å². The van der Waals surface area contributed by atoms with Crippen molar-refractivity contribution in [1.29, 1.82) is 0 Å². The van der Waals surface area contributed by atoms with Gasteiger partial charge in [0.15, 0.2) is 11.9 Å². The lowest BCUT2D eigenvalue weighted by molar-refractivity contribution is -0.704. The van der Waals surface area contributed by atoms with Crippen molar-refractivity contribution in [3.8, 4) is 11.1 Å². The molecule has 0 aliphatic carbocycles. The topological polar surface area (TPSA) is 16.8 Å². The van der Waals surface area contributed by atoms with Crippen LogP contribution in [0.5, 0.6) is 0 Å². The van der Waals surface area contributed by atoms with Crippen molar-refractivity contribution in [1.82, 2.24) is 4.98 Å². The van der Waals surface area contributed by atoms with E-state index in [1.165, 1.54) is 29.7 Å². The zero-order valence-corrected chi connectivity index (χ0v) is 13.4. The summed E-state index contributed by atoms with van der Waals surface area (Å²) >= 11 is 0. The quantitative estimate of drug-likeness (QED) is 0.442. The molecule has 7 heteroatoms. The lowest BCUT2D eigenvalue weighted by Crippen LogP contribution is -2.37. The lowest BCUT2D eigenvalue weighted by Gasteiger charge is -2.05. The van der Waals surface area contributed by atoms with Crippen LogP contribution in [-0.2, 0) is 13.0 Å². The molecule has 126 valence electrons. The van der Waals surface area contributed by atoms with Crippen molar-refractivity contribution in [3.63, 3.8) is 0 Å². The van der Waals surface area contributed by atoms with Gasteiger partial charge in [-0.1, -0.05) is 20.3 Å². The third-order valence-corrected chi connectivity index (χ3v) is 3.25. The predicted molar refractivity (Wildman–Crippen MR) is 84.3 cm³/mol. The summed E-state index contributed by atoms with van der Waals surface area (Å²) in [7, 11) is -6.00. The number of hydrogen-bond acceptors (Lipinski definition) is 1. The number of hydrogen-bond donors (Lipinski definition) is 0. The Morgan fingerprint density at radius 3 is 2.13 bits per heavy atom. The molecule has 0 unspecified atom stereocenters. The number of unbranched alkanes of at least 4 members (excludes halogenated alkanes) is 1. The third kappa shape index (κ3) is 7.77. The number of aryl methyl sites for hydroxylation is 2. The van der Waals surface area contributed by atoms with Gasteiger partial charge < -0.3 is 17.3 Å². The van der Waals surface area contributed by atoms with Gasteiger partial charge in [0.05, 0.1) is 0 Å². The van der Waals surface area contributed by atoms with Crippen LogP contribution in [0.25, 0.3) is 11.1 Å². The second-order valence-electron chi connectivity index (χ2n) is 5.04. The summed E-state index contributed by atoms with van der Waals surface area (Å²) in [5.41, 5.74) is 3.92. The van der Waals surface area contributed by atoms with Crippen LogP contribution in [-0.4, -0.2) is 12.2 Å². The van der Waals surface area contributed by atoms with Crippen LogP contribution in [0.4, 0.5) is 17.3 Å². The summed E-state index contributed by atoms with van der Waals surface area (Å²) < 4.78 is 41.4. The normalized spacial score (nSPS) is 10.9. The summed E-state index contributed by atoms with van der Waals surface area (Å²) in [5.74, 6) is 0. The fourth-order valence-corrected chi connectivity index (χ4v) is 2.15. The molecular weight excluding hydrogens is 307 g/mol. The zero-order valence-electron chi connectivity index (χ0n) is 13.4. The second-order valence-corrected chi connectivity index (χ2v) is 5.04. The van der Waals surface area contributed by atoms with Crippen molar-refractivity contribution < 1.29 is 21.8 Å². The molecule has 0 radical (unpaired) electrons. The molecule has 2 aromatic heterocycles. The first-order chi connectivity index (χ1) is 10.8. The highest BCUT2D eigenvalue weighted by Gasteiger charge is 2.20. The van der Waals surface area contributed by atoms with E-state index < -0.39 is 7.25 Å². The summed E-state index contributed by atoms with van der Waals surface area (Å²) in [4.78, 5) is 4.07. The van der Waals surface area contributed by atoms with E-state index in [4.69, 9.17) is 0 Å². The molecule has 0 aromatic carbocycles.